The van der Waals surface area contributed by atoms with Gasteiger partial charge in [0.1, 0.15) is 6.26 Å². The predicted octanol–water partition coefficient (Wildman–Crippen LogP) is 5.03. The fourth-order valence-corrected chi connectivity index (χ4v) is 3.45. The van der Waals surface area contributed by atoms with E-state index in [-0.39, 0.29) is 11.6 Å². The number of hydrogen-bond donors (Lipinski definition) is 0. The maximum atomic E-state index is 13.3. The van der Waals surface area contributed by atoms with Crippen LogP contribution in [-0.4, -0.2) is 17.7 Å². The van der Waals surface area contributed by atoms with Gasteiger partial charge in [0.25, 0.3) is 0 Å². The minimum Gasteiger partial charge on any atom is -0.368 e. The van der Waals surface area contributed by atoms with Crippen LogP contribution in [-0.2, 0) is 6.18 Å². The Balaban J connectivity index is 1.90. The number of rotatable bonds is 4. The van der Waals surface area contributed by atoms with Crippen LogP contribution in [0.4, 0.5) is 18.9 Å². The molecule has 1 unspecified atom stereocenters. The van der Waals surface area contributed by atoms with E-state index in [9.17, 15) is 13.2 Å². The van der Waals surface area contributed by atoms with E-state index in [0.29, 0.717) is 18.7 Å². The Morgan fingerprint density at radius 3 is 2.81 bits per heavy atom. The average Bonchev–Trinajstić information content (AvgIpc) is 3.16. The van der Waals surface area contributed by atoms with E-state index in [4.69, 9.17) is 9.78 Å². The van der Waals surface area contributed by atoms with E-state index in [1.165, 1.54) is 6.07 Å². The highest BCUT2D eigenvalue weighted by Gasteiger charge is 2.34. The Morgan fingerprint density at radius 2 is 2.19 bits per heavy atom. The lowest BCUT2D eigenvalue weighted by molar-refractivity contribution is -0.137. The second-order valence-corrected chi connectivity index (χ2v) is 6.20. The van der Waals surface area contributed by atoms with E-state index < -0.39 is 11.7 Å². The van der Waals surface area contributed by atoms with Gasteiger partial charge in [-0.25, -0.2) is 0 Å². The fourth-order valence-electron chi connectivity index (χ4n) is 3.45. The summed E-state index contributed by atoms with van der Waals surface area (Å²) < 4.78 is 44.7. The van der Waals surface area contributed by atoms with E-state index in [2.05, 4.69) is 11.2 Å². The van der Waals surface area contributed by atoms with Gasteiger partial charge in [-0.3, -0.25) is 0 Å². The van der Waals surface area contributed by atoms with Crippen molar-refractivity contribution in [1.29, 1.82) is 5.26 Å². The SMILES string of the molecule is CCN(c1ccc(C#N)c(C(F)(F)F)c1)C1CCC=C(c2cnoc2)C1. The van der Waals surface area contributed by atoms with Gasteiger partial charge in [0.05, 0.1) is 23.4 Å². The number of alkyl halides is 3. The van der Waals surface area contributed by atoms with Crippen LogP contribution >= 0.6 is 0 Å². The van der Waals surface area contributed by atoms with Crippen LogP contribution < -0.4 is 4.90 Å². The third-order valence-electron chi connectivity index (χ3n) is 4.69. The summed E-state index contributed by atoms with van der Waals surface area (Å²) in [6, 6.07) is 5.62. The highest BCUT2D eigenvalue weighted by atomic mass is 19.4. The van der Waals surface area contributed by atoms with E-state index in [1.54, 1.807) is 24.6 Å². The molecule has 1 aliphatic carbocycles. The second kappa shape index (κ2) is 7.24. The molecule has 1 aromatic carbocycles. The molecule has 0 spiro atoms. The Labute approximate surface area is 149 Å². The van der Waals surface area contributed by atoms with Gasteiger partial charge in [-0.1, -0.05) is 11.2 Å². The zero-order valence-electron chi connectivity index (χ0n) is 14.3. The van der Waals surface area contributed by atoms with Crippen molar-refractivity contribution < 1.29 is 17.7 Å². The maximum Gasteiger partial charge on any atom is 0.417 e. The lowest BCUT2D eigenvalue weighted by Crippen LogP contribution is -2.36. The van der Waals surface area contributed by atoms with Crippen LogP contribution in [0.25, 0.3) is 5.57 Å². The minimum atomic E-state index is -4.55. The second-order valence-electron chi connectivity index (χ2n) is 6.20. The third kappa shape index (κ3) is 3.59. The molecule has 4 nitrogen and oxygen atoms in total. The molecule has 0 N–H and O–H groups in total. The quantitative estimate of drug-likeness (QED) is 0.767. The zero-order chi connectivity index (χ0) is 18.7. The summed E-state index contributed by atoms with van der Waals surface area (Å²) in [5.41, 5.74) is 1.23. The van der Waals surface area contributed by atoms with Gasteiger partial charge in [-0.2, -0.15) is 18.4 Å². The first kappa shape index (κ1) is 18.1. The van der Waals surface area contributed by atoms with Gasteiger partial charge < -0.3 is 9.42 Å². The summed E-state index contributed by atoms with van der Waals surface area (Å²) in [6.45, 7) is 2.49. The van der Waals surface area contributed by atoms with Crippen LogP contribution in [0, 0.1) is 11.3 Å². The number of benzene rings is 1. The van der Waals surface area contributed by atoms with Gasteiger partial charge in [0, 0.05) is 23.8 Å². The van der Waals surface area contributed by atoms with E-state index in [0.717, 1.165) is 30.0 Å². The predicted molar refractivity (Wildman–Crippen MR) is 91.3 cm³/mol. The van der Waals surface area contributed by atoms with Gasteiger partial charge in [-0.15, -0.1) is 0 Å². The summed E-state index contributed by atoms with van der Waals surface area (Å²) >= 11 is 0. The Morgan fingerprint density at radius 1 is 1.38 bits per heavy atom. The number of aromatic nitrogens is 1. The standard InChI is InChI=1S/C19H18F3N3O/c1-2-25(16-5-3-4-13(8-16)15-11-24-26-12-15)17-7-6-14(10-23)18(9-17)19(20,21)22/h4,6-7,9,11-12,16H,2-3,5,8H2,1H3. The van der Waals surface area contributed by atoms with Gasteiger partial charge >= 0.3 is 6.18 Å². The maximum absolute atomic E-state index is 13.3. The minimum absolute atomic E-state index is 0.0731. The molecule has 0 saturated carbocycles. The van der Waals surface area contributed by atoms with E-state index in [1.807, 2.05) is 11.8 Å². The summed E-state index contributed by atoms with van der Waals surface area (Å²) in [5.74, 6) is 0. The highest BCUT2D eigenvalue weighted by Crippen LogP contribution is 2.37. The molecule has 26 heavy (non-hydrogen) atoms. The molecule has 1 atom stereocenters. The first-order valence-electron chi connectivity index (χ1n) is 8.40. The number of hydrogen-bond acceptors (Lipinski definition) is 4. The zero-order valence-corrected chi connectivity index (χ0v) is 14.3. The van der Waals surface area contributed by atoms with Crippen LogP contribution in [0.5, 0.6) is 0 Å². The first-order chi connectivity index (χ1) is 12.4. The molecule has 0 amide bonds. The van der Waals surface area contributed by atoms with Crippen molar-refractivity contribution in [3.8, 4) is 6.07 Å². The van der Waals surface area contributed by atoms with Gasteiger partial charge in [0.2, 0.25) is 0 Å². The highest BCUT2D eigenvalue weighted by molar-refractivity contribution is 5.66. The van der Waals surface area contributed by atoms with Crippen molar-refractivity contribution >= 4 is 11.3 Å². The molecule has 1 heterocycles. The smallest absolute Gasteiger partial charge is 0.368 e. The molecule has 0 saturated heterocycles. The van der Waals surface area contributed by atoms with Crippen molar-refractivity contribution in [3.63, 3.8) is 0 Å². The molecule has 1 aromatic heterocycles. The summed E-state index contributed by atoms with van der Waals surface area (Å²) in [7, 11) is 0. The van der Waals surface area contributed by atoms with Gasteiger partial charge in [-0.05, 0) is 50.0 Å². The average molecular weight is 361 g/mol. The summed E-state index contributed by atoms with van der Waals surface area (Å²) in [6.07, 6.45) is 3.18. The van der Waals surface area contributed by atoms with Crippen LogP contribution in [0.2, 0.25) is 0 Å². The molecule has 136 valence electrons. The molecule has 0 radical (unpaired) electrons. The molecular weight excluding hydrogens is 343 g/mol. The third-order valence-corrected chi connectivity index (χ3v) is 4.69. The first-order valence-corrected chi connectivity index (χ1v) is 8.40. The van der Waals surface area contributed by atoms with Crippen molar-refractivity contribution in [3.05, 3.63) is 53.4 Å². The van der Waals surface area contributed by atoms with Crippen molar-refractivity contribution in [2.75, 3.05) is 11.4 Å². The number of nitriles is 1. The van der Waals surface area contributed by atoms with Gasteiger partial charge in [0.15, 0.2) is 0 Å². The molecule has 0 fully saturated rings. The lowest BCUT2D eigenvalue weighted by atomic mass is 9.90. The monoisotopic (exact) mass is 361 g/mol. The van der Waals surface area contributed by atoms with E-state index >= 15 is 0 Å². The van der Waals surface area contributed by atoms with Crippen LogP contribution in [0.3, 0.4) is 0 Å². The molecular formula is C19H18F3N3O. The Hall–Kier alpha value is -2.75. The van der Waals surface area contributed by atoms with Crippen LogP contribution in [0.15, 0.2) is 41.3 Å². The van der Waals surface area contributed by atoms with Crippen LogP contribution in [0.1, 0.15) is 42.9 Å². The molecule has 7 heteroatoms. The summed E-state index contributed by atoms with van der Waals surface area (Å²) in [5, 5.41) is 12.7. The normalized spacial score (nSPS) is 17.5. The number of nitrogens with zero attached hydrogens (tertiary/aromatic N) is 3. The molecule has 3 rings (SSSR count). The Bertz CT molecular complexity index is 835. The number of halogens is 3. The largest absolute Gasteiger partial charge is 0.417 e. The Kier molecular flexibility index (Phi) is 5.03. The molecule has 0 bridgehead atoms. The summed E-state index contributed by atoms with van der Waals surface area (Å²) in [4.78, 5) is 1.97. The lowest BCUT2D eigenvalue weighted by Gasteiger charge is -2.35. The topological polar surface area (TPSA) is 53.1 Å². The molecule has 2 aromatic rings. The number of anilines is 1. The molecule has 0 aliphatic heterocycles. The van der Waals surface area contributed by atoms with Crippen molar-refractivity contribution in [1.82, 2.24) is 5.16 Å². The molecule has 1 aliphatic rings. The van der Waals surface area contributed by atoms with Crippen molar-refractivity contribution in [2.24, 2.45) is 0 Å². The number of allylic oxidation sites excluding steroid dienone is 1. The fraction of sp³-hybridized carbons (Fsp3) is 0.368. The van der Waals surface area contributed by atoms with Crippen molar-refractivity contribution in [2.45, 2.75) is 38.4 Å².